The molecule has 0 saturated carbocycles. The number of carbonyl (C=O) groups is 2. The van der Waals surface area contributed by atoms with Gasteiger partial charge >= 0.3 is 5.97 Å². The molecule has 0 aliphatic carbocycles. The summed E-state index contributed by atoms with van der Waals surface area (Å²) in [5, 5.41) is 13.6. The maximum absolute atomic E-state index is 12.1. The van der Waals surface area contributed by atoms with E-state index in [9.17, 15) is 14.7 Å². The second-order valence-electron chi connectivity index (χ2n) is 5.36. The number of hydrazone groups is 1. The van der Waals surface area contributed by atoms with Crippen LogP contribution < -0.4 is 14.9 Å². The summed E-state index contributed by atoms with van der Waals surface area (Å²) in [6.45, 7) is 1.71. The van der Waals surface area contributed by atoms with Gasteiger partial charge in [0.2, 0.25) is 0 Å². The van der Waals surface area contributed by atoms with E-state index in [0.29, 0.717) is 21.5 Å². The van der Waals surface area contributed by atoms with E-state index in [4.69, 9.17) is 14.2 Å². The normalized spacial score (nSPS) is 10.5. The van der Waals surface area contributed by atoms with Crippen molar-refractivity contribution in [2.45, 2.75) is 6.92 Å². The number of halogens is 1. The quantitative estimate of drug-likeness (QED) is 0.363. The van der Waals surface area contributed by atoms with Gasteiger partial charge in [0.25, 0.3) is 5.91 Å². The Labute approximate surface area is 170 Å². The van der Waals surface area contributed by atoms with Crippen LogP contribution in [0.1, 0.15) is 22.8 Å². The van der Waals surface area contributed by atoms with Crippen molar-refractivity contribution in [2.75, 3.05) is 20.3 Å². The Morgan fingerprint density at radius 3 is 2.71 bits per heavy atom. The van der Waals surface area contributed by atoms with Gasteiger partial charge in [0.15, 0.2) is 18.1 Å². The third kappa shape index (κ3) is 5.98. The van der Waals surface area contributed by atoms with Crippen molar-refractivity contribution in [3.05, 3.63) is 52.0 Å². The van der Waals surface area contributed by atoms with Crippen LogP contribution in [-0.4, -0.2) is 43.5 Å². The summed E-state index contributed by atoms with van der Waals surface area (Å²) in [6, 6.07) is 9.44. The molecule has 0 spiro atoms. The molecule has 0 heterocycles. The summed E-state index contributed by atoms with van der Waals surface area (Å²) in [6.07, 6.45) is 1.39. The molecule has 0 radical (unpaired) electrons. The molecule has 0 aliphatic heterocycles. The van der Waals surface area contributed by atoms with Gasteiger partial charge in [-0.25, -0.2) is 10.2 Å². The fourth-order valence-electron chi connectivity index (χ4n) is 2.14. The molecule has 2 aromatic rings. The highest BCUT2D eigenvalue weighted by Gasteiger charge is 2.11. The molecule has 0 aromatic heterocycles. The number of phenols is 1. The second kappa shape index (κ2) is 10.3. The fourth-order valence-corrected chi connectivity index (χ4v) is 2.50. The monoisotopic (exact) mass is 450 g/mol. The zero-order valence-corrected chi connectivity index (χ0v) is 16.9. The summed E-state index contributed by atoms with van der Waals surface area (Å²) in [7, 11) is 1.48. The van der Waals surface area contributed by atoms with Gasteiger partial charge in [-0.3, -0.25) is 4.79 Å². The van der Waals surface area contributed by atoms with E-state index >= 15 is 0 Å². The maximum Gasteiger partial charge on any atom is 0.344 e. The maximum atomic E-state index is 12.1. The van der Waals surface area contributed by atoms with E-state index in [1.54, 1.807) is 31.2 Å². The molecule has 0 saturated heterocycles. The molecular formula is C19H19BrN2O6. The summed E-state index contributed by atoms with van der Waals surface area (Å²) < 4.78 is 16.1. The number of rotatable bonds is 8. The first-order chi connectivity index (χ1) is 13.4. The number of ether oxygens (including phenoxy) is 3. The van der Waals surface area contributed by atoms with E-state index in [2.05, 4.69) is 26.5 Å². The van der Waals surface area contributed by atoms with Crippen LogP contribution in [0.4, 0.5) is 0 Å². The number of nitrogens with one attached hydrogen (secondary N) is 1. The highest BCUT2D eigenvalue weighted by molar-refractivity contribution is 9.10. The standard InChI is InChI=1S/C19H19BrN2O6/c1-3-27-18(24)11-28-17-8-12(4-7-16(17)26-2)10-21-22-19(25)14-9-13(20)5-6-15(14)23/h4-10,23H,3,11H2,1-2H3,(H,22,25)/b21-10-. The van der Waals surface area contributed by atoms with Crippen molar-refractivity contribution in [1.29, 1.82) is 0 Å². The first-order valence-electron chi connectivity index (χ1n) is 8.23. The molecule has 8 nitrogen and oxygen atoms in total. The Morgan fingerprint density at radius 2 is 2.00 bits per heavy atom. The predicted molar refractivity (Wildman–Crippen MR) is 106 cm³/mol. The molecule has 148 valence electrons. The zero-order chi connectivity index (χ0) is 20.5. The Kier molecular flexibility index (Phi) is 7.82. The zero-order valence-electron chi connectivity index (χ0n) is 15.3. The molecule has 0 unspecified atom stereocenters. The minimum atomic E-state index is -0.567. The summed E-state index contributed by atoms with van der Waals surface area (Å²) in [5.74, 6) is -0.456. The highest BCUT2D eigenvalue weighted by atomic mass is 79.9. The fraction of sp³-hybridized carbons (Fsp3) is 0.211. The number of methoxy groups -OCH3 is 1. The number of hydrogen-bond donors (Lipinski definition) is 2. The average Bonchev–Trinajstić information content (AvgIpc) is 2.68. The van der Waals surface area contributed by atoms with Crippen LogP contribution in [0.25, 0.3) is 0 Å². The number of hydrogen-bond acceptors (Lipinski definition) is 7. The van der Waals surface area contributed by atoms with E-state index in [0.717, 1.165) is 0 Å². The van der Waals surface area contributed by atoms with Crippen LogP contribution in [0, 0.1) is 0 Å². The number of amides is 1. The molecule has 0 aliphatic rings. The predicted octanol–water partition coefficient (Wildman–Crippen LogP) is 2.87. The lowest BCUT2D eigenvalue weighted by molar-refractivity contribution is -0.145. The van der Waals surface area contributed by atoms with Gasteiger partial charge in [-0.1, -0.05) is 15.9 Å². The average molecular weight is 451 g/mol. The molecule has 0 fully saturated rings. The largest absolute Gasteiger partial charge is 0.507 e. The van der Waals surface area contributed by atoms with Crippen LogP contribution in [0.5, 0.6) is 17.2 Å². The number of carbonyl (C=O) groups excluding carboxylic acids is 2. The third-order valence-electron chi connectivity index (χ3n) is 3.42. The number of phenolic OH excluding ortho intramolecular Hbond substituents is 1. The van der Waals surface area contributed by atoms with E-state index in [1.165, 1.54) is 25.5 Å². The van der Waals surface area contributed by atoms with Crippen molar-refractivity contribution in [2.24, 2.45) is 5.10 Å². The van der Waals surface area contributed by atoms with Gasteiger partial charge in [-0.15, -0.1) is 0 Å². The van der Waals surface area contributed by atoms with Crippen LogP contribution in [0.15, 0.2) is 46.0 Å². The van der Waals surface area contributed by atoms with E-state index < -0.39 is 11.9 Å². The van der Waals surface area contributed by atoms with Crippen molar-refractivity contribution in [3.63, 3.8) is 0 Å². The lowest BCUT2D eigenvalue weighted by Gasteiger charge is -2.10. The molecule has 0 bridgehead atoms. The van der Waals surface area contributed by atoms with Crippen LogP contribution in [-0.2, 0) is 9.53 Å². The van der Waals surface area contributed by atoms with Crippen molar-refractivity contribution < 1.29 is 28.9 Å². The molecule has 0 atom stereocenters. The number of nitrogens with zero attached hydrogens (tertiary/aromatic N) is 1. The molecular weight excluding hydrogens is 432 g/mol. The van der Waals surface area contributed by atoms with Crippen molar-refractivity contribution in [1.82, 2.24) is 5.43 Å². The van der Waals surface area contributed by atoms with Gasteiger partial charge in [0, 0.05) is 4.47 Å². The topological polar surface area (TPSA) is 106 Å². The Morgan fingerprint density at radius 1 is 1.21 bits per heavy atom. The first-order valence-corrected chi connectivity index (χ1v) is 9.02. The Hall–Kier alpha value is -3.07. The van der Waals surface area contributed by atoms with Crippen molar-refractivity contribution >= 4 is 34.0 Å². The van der Waals surface area contributed by atoms with E-state index in [1.807, 2.05) is 0 Å². The van der Waals surface area contributed by atoms with Gasteiger partial charge in [-0.05, 0) is 48.9 Å². The van der Waals surface area contributed by atoms with Crippen LogP contribution in [0.3, 0.4) is 0 Å². The van der Waals surface area contributed by atoms with Gasteiger partial charge < -0.3 is 19.3 Å². The third-order valence-corrected chi connectivity index (χ3v) is 3.91. The molecule has 28 heavy (non-hydrogen) atoms. The summed E-state index contributed by atoms with van der Waals surface area (Å²) in [5.41, 5.74) is 3.01. The van der Waals surface area contributed by atoms with Gasteiger partial charge in [0.1, 0.15) is 5.75 Å². The number of esters is 1. The molecule has 1 amide bonds. The van der Waals surface area contributed by atoms with Gasteiger partial charge in [0.05, 0.1) is 25.5 Å². The SMILES string of the molecule is CCOC(=O)COc1cc(/C=N\NC(=O)c2cc(Br)ccc2O)ccc1OC. The van der Waals surface area contributed by atoms with Crippen LogP contribution >= 0.6 is 15.9 Å². The van der Waals surface area contributed by atoms with E-state index in [-0.39, 0.29) is 24.5 Å². The first kappa shape index (κ1) is 21.2. The molecule has 2 aromatic carbocycles. The Bertz CT molecular complexity index is 885. The number of aromatic hydroxyl groups is 1. The second-order valence-corrected chi connectivity index (χ2v) is 6.28. The minimum Gasteiger partial charge on any atom is -0.507 e. The lowest BCUT2D eigenvalue weighted by atomic mass is 10.2. The summed E-state index contributed by atoms with van der Waals surface area (Å²) >= 11 is 3.24. The molecule has 2 rings (SSSR count). The van der Waals surface area contributed by atoms with Crippen molar-refractivity contribution in [3.8, 4) is 17.2 Å². The van der Waals surface area contributed by atoms with Crippen LogP contribution in [0.2, 0.25) is 0 Å². The van der Waals surface area contributed by atoms with Gasteiger partial charge in [-0.2, -0.15) is 5.10 Å². The highest BCUT2D eigenvalue weighted by Crippen LogP contribution is 2.27. The number of benzene rings is 2. The smallest absolute Gasteiger partial charge is 0.344 e. The molecule has 2 N–H and O–H groups in total. The lowest BCUT2D eigenvalue weighted by Crippen LogP contribution is -2.17. The minimum absolute atomic E-state index is 0.0831. The molecule has 9 heteroatoms. The summed E-state index contributed by atoms with van der Waals surface area (Å²) in [4.78, 5) is 23.6. The Balaban J connectivity index is 2.06.